The molecule has 0 bridgehead atoms. The topological polar surface area (TPSA) is 74.6 Å². The summed E-state index contributed by atoms with van der Waals surface area (Å²) in [6.45, 7) is -0.873. The maximum absolute atomic E-state index is 13.2. The van der Waals surface area contributed by atoms with E-state index in [4.69, 9.17) is 5.11 Å². The summed E-state index contributed by atoms with van der Waals surface area (Å²) in [6.07, 6.45) is 0.906. The number of halogens is 1. The molecule has 0 amide bonds. The van der Waals surface area contributed by atoms with Gasteiger partial charge in [-0.15, -0.1) is 0 Å². The number of aliphatic hydroxyl groups excluding tert-OH is 1. The third kappa shape index (κ3) is 2.95. The standard InChI is InChI=1S/C7H7FO3.C7H5O.In/c8-3-1-6(2-4-9)5-7(10)11;8-6-7-4-2-1-3-5-7;/h2,9H,3,5H2,(H,10,11);1-5H;. The first-order valence-corrected chi connectivity index (χ1v) is 11.0. The fraction of sp³-hybridized carbons (Fsp3) is 0.143. The number of aliphatic hydroxyl groups is 1. The van der Waals surface area contributed by atoms with E-state index >= 15 is 0 Å². The summed E-state index contributed by atoms with van der Waals surface area (Å²) in [4.78, 5) is 23.1. The van der Waals surface area contributed by atoms with Crippen molar-refractivity contribution in [2.24, 2.45) is 0 Å². The van der Waals surface area contributed by atoms with Crippen molar-refractivity contribution in [2.45, 2.75) is 6.42 Å². The fourth-order valence-electron chi connectivity index (χ4n) is 2.27. The molecule has 0 aromatic heterocycles. The molecule has 0 spiro atoms. The van der Waals surface area contributed by atoms with E-state index in [0.717, 1.165) is 0 Å². The molecule has 102 valence electrons. The number of hydrogen-bond donors (Lipinski definition) is 2. The van der Waals surface area contributed by atoms with Crippen LogP contribution in [0.2, 0.25) is 0 Å². The molecule has 2 N–H and O–H groups in total. The molecule has 1 heterocycles. The molecule has 0 saturated heterocycles. The van der Waals surface area contributed by atoms with Crippen LogP contribution in [0.4, 0.5) is 4.39 Å². The first-order chi connectivity index (χ1) is 9.54. The van der Waals surface area contributed by atoms with E-state index < -0.39 is 34.1 Å². The second kappa shape index (κ2) is 6.26. The van der Waals surface area contributed by atoms with Gasteiger partial charge in [0.1, 0.15) is 0 Å². The van der Waals surface area contributed by atoms with E-state index in [1.165, 1.54) is 6.08 Å². The van der Waals surface area contributed by atoms with Crippen LogP contribution in [-0.2, 0) is 4.79 Å². The predicted molar refractivity (Wildman–Crippen MR) is 72.5 cm³/mol. The van der Waals surface area contributed by atoms with Gasteiger partial charge >= 0.3 is 123 Å². The van der Waals surface area contributed by atoms with Crippen LogP contribution < -0.4 is 0 Å². The molecule has 1 aliphatic rings. The monoisotopic (exact) mass is 378 g/mol. The van der Waals surface area contributed by atoms with E-state index in [1.54, 1.807) is 30.3 Å². The molecule has 1 aliphatic heterocycles. The Hall–Kier alpha value is -1.56. The van der Waals surface area contributed by atoms with Crippen LogP contribution >= 0.6 is 0 Å². The van der Waals surface area contributed by atoms with Crippen LogP contribution in [0.15, 0.2) is 48.8 Å². The third-order valence-electron chi connectivity index (χ3n) is 3.18. The average molecular weight is 378 g/mol. The van der Waals surface area contributed by atoms with Gasteiger partial charge < -0.3 is 0 Å². The van der Waals surface area contributed by atoms with Crippen LogP contribution in [0, 0.1) is 0 Å². The van der Waals surface area contributed by atoms with Crippen molar-refractivity contribution in [2.75, 3.05) is 6.67 Å². The number of aliphatic carboxylic acids is 1. The molecule has 0 fully saturated rings. The summed E-state index contributed by atoms with van der Waals surface area (Å²) in [5.41, 5.74) is 0.693. The first kappa shape index (κ1) is 14.8. The molecule has 2 rings (SSSR count). The number of allylic oxidation sites excluding steroid dienone is 2. The molecule has 20 heavy (non-hydrogen) atoms. The maximum atomic E-state index is 13.2. The van der Waals surface area contributed by atoms with Gasteiger partial charge in [0.05, 0.1) is 0 Å². The molecule has 1 aromatic carbocycles. The number of carboxylic acid groups (broad SMARTS) is 1. The Morgan fingerprint density at radius 1 is 1.20 bits per heavy atom. The number of carbonyl (C=O) groups excluding carboxylic acids is 1. The van der Waals surface area contributed by atoms with Gasteiger partial charge in [-0.1, -0.05) is 0 Å². The van der Waals surface area contributed by atoms with Gasteiger partial charge in [0.15, 0.2) is 0 Å². The predicted octanol–water partition coefficient (Wildman–Crippen LogP) is 2.18. The number of carboxylic acids is 1. The van der Waals surface area contributed by atoms with Crippen molar-refractivity contribution >= 4 is 30.9 Å². The zero-order valence-electron chi connectivity index (χ0n) is 10.5. The van der Waals surface area contributed by atoms with E-state index in [9.17, 15) is 19.1 Å². The van der Waals surface area contributed by atoms with Crippen molar-refractivity contribution in [3.63, 3.8) is 0 Å². The second-order valence-corrected chi connectivity index (χ2v) is 12.1. The summed E-state index contributed by atoms with van der Waals surface area (Å²) < 4.78 is 13.1. The van der Waals surface area contributed by atoms with Gasteiger partial charge in [0, 0.05) is 0 Å². The van der Waals surface area contributed by atoms with Gasteiger partial charge in [0.2, 0.25) is 0 Å². The Morgan fingerprint density at radius 3 is 2.40 bits per heavy atom. The Morgan fingerprint density at radius 2 is 1.85 bits per heavy atom. The summed E-state index contributed by atoms with van der Waals surface area (Å²) >= 11 is -3.52. The average Bonchev–Trinajstić information content (AvgIpc) is 2.73. The molecular weight excluding hydrogens is 366 g/mol. The number of hydrogen-bond acceptors (Lipinski definition) is 3. The Kier molecular flexibility index (Phi) is 4.65. The molecule has 1 aromatic rings. The zero-order chi connectivity index (χ0) is 14.7. The van der Waals surface area contributed by atoms with Gasteiger partial charge in [-0.25, -0.2) is 0 Å². The van der Waals surface area contributed by atoms with E-state index in [2.05, 4.69) is 0 Å². The molecule has 0 aliphatic carbocycles. The molecule has 6 heteroatoms. The summed E-state index contributed by atoms with van der Waals surface area (Å²) in [5.74, 6) is -1.10. The number of carbonyl (C=O) groups is 2. The van der Waals surface area contributed by atoms with E-state index in [1.807, 2.05) is 0 Å². The van der Waals surface area contributed by atoms with Crippen LogP contribution in [-0.4, -0.2) is 47.8 Å². The number of benzene rings is 1. The van der Waals surface area contributed by atoms with Crippen LogP contribution in [0.25, 0.3) is 0 Å². The molecule has 4 nitrogen and oxygen atoms in total. The van der Waals surface area contributed by atoms with Crippen LogP contribution in [0.3, 0.4) is 0 Å². The van der Waals surface area contributed by atoms with Gasteiger partial charge in [0.25, 0.3) is 0 Å². The van der Waals surface area contributed by atoms with Crippen molar-refractivity contribution in [3.05, 3.63) is 54.4 Å². The normalized spacial score (nSPS) is 14.4. The Bertz CT molecular complexity index is 607. The summed E-state index contributed by atoms with van der Waals surface area (Å²) in [7, 11) is 0. The fourth-order valence-corrected chi connectivity index (χ4v) is 9.54. The molecule has 0 radical (unpaired) electrons. The molecule has 0 saturated carbocycles. The summed E-state index contributed by atoms with van der Waals surface area (Å²) in [5, 5.41) is 18.7. The zero-order valence-corrected chi connectivity index (χ0v) is 13.8. The first-order valence-electron chi connectivity index (χ1n) is 6.04. The van der Waals surface area contributed by atoms with Crippen molar-refractivity contribution in [1.29, 1.82) is 0 Å². The Balaban J connectivity index is 2.36. The van der Waals surface area contributed by atoms with Crippen LogP contribution in [0.1, 0.15) is 16.8 Å². The minimum atomic E-state index is -3.52. The Labute approximate surface area is 122 Å². The van der Waals surface area contributed by atoms with Crippen molar-refractivity contribution < 1.29 is 24.2 Å². The second-order valence-electron chi connectivity index (χ2n) is 4.49. The summed E-state index contributed by atoms with van der Waals surface area (Å²) in [6, 6.07) is 8.41. The number of alkyl halides is 1. The quantitative estimate of drug-likeness (QED) is 0.824. The number of rotatable bonds is 5. The van der Waals surface area contributed by atoms with Gasteiger partial charge in [-0.3, -0.25) is 0 Å². The molecule has 0 unspecified atom stereocenters. The van der Waals surface area contributed by atoms with Crippen molar-refractivity contribution in [1.82, 2.24) is 0 Å². The van der Waals surface area contributed by atoms with Crippen LogP contribution in [0.5, 0.6) is 0 Å². The third-order valence-corrected chi connectivity index (χ3v) is 11.3. The van der Waals surface area contributed by atoms with E-state index in [0.29, 0.717) is 5.56 Å². The molecular formula is C14H12FInO4. The van der Waals surface area contributed by atoms with Gasteiger partial charge in [-0.05, 0) is 0 Å². The minimum absolute atomic E-state index is 0.0930. The molecule has 0 atom stereocenters. The van der Waals surface area contributed by atoms with Crippen molar-refractivity contribution in [3.8, 4) is 0 Å². The van der Waals surface area contributed by atoms with Gasteiger partial charge in [-0.2, -0.15) is 0 Å². The SMILES string of the molecule is O=C(O)CC1=[C](CF)[In]([C](=O)c2ccccc2)[C](O)=C1. The van der Waals surface area contributed by atoms with E-state index in [-0.39, 0.29) is 22.4 Å².